The normalized spacial score (nSPS) is 10.2. The molecule has 2 aromatic rings. The van der Waals surface area contributed by atoms with Gasteiger partial charge in [0.05, 0.1) is 25.0 Å². The molecular weight excluding hydrogens is 227 g/mol. The van der Waals surface area contributed by atoms with Crippen LogP contribution in [0, 0.1) is 5.82 Å². The Kier molecular flexibility index (Phi) is 3.08. The van der Waals surface area contributed by atoms with E-state index in [1.54, 1.807) is 0 Å². The molecule has 0 amide bonds. The van der Waals surface area contributed by atoms with Crippen molar-refractivity contribution in [3.8, 4) is 5.75 Å². The molecule has 0 unspecified atom stereocenters. The molecule has 17 heavy (non-hydrogen) atoms. The SMILES string of the molecule is COc1cc(NCc2ncon2)c(F)cc1N. The second-order valence-electron chi connectivity index (χ2n) is 3.27. The maximum atomic E-state index is 13.5. The number of hydrogen-bond donors (Lipinski definition) is 2. The van der Waals surface area contributed by atoms with Crippen LogP contribution in [0.1, 0.15) is 5.82 Å². The molecule has 0 radical (unpaired) electrons. The summed E-state index contributed by atoms with van der Waals surface area (Å²) in [6, 6.07) is 2.67. The van der Waals surface area contributed by atoms with Gasteiger partial charge >= 0.3 is 0 Å². The van der Waals surface area contributed by atoms with Gasteiger partial charge in [0, 0.05) is 12.1 Å². The lowest BCUT2D eigenvalue weighted by molar-refractivity contribution is 0.410. The molecule has 6 nitrogen and oxygen atoms in total. The number of nitrogens with zero attached hydrogens (tertiary/aromatic N) is 2. The lowest BCUT2D eigenvalue weighted by Gasteiger charge is -2.09. The second kappa shape index (κ2) is 4.69. The van der Waals surface area contributed by atoms with Gasteiger partial charge in [-0.3, -0.25) is 0 Å². The topological polar surface area (TPSA) is 86.2 Å². The number of nitrogen functional groups attached to an aromatic ring is 1. The van der Waals surface area contributed by atoms with Crippen molar-refractivity contribution >= 4 is 11.4 Å². The Labute approximate surface area is 96.6 Å². The Morgan fingerprint density at radius 1 is 1.53 bits per heavy atom. The molecule has 0 spiro atoms. The molecule has 3 N–H and O–H groups in total. The largest absolute Gasteiger partial charge is 0.495 e. The molecule has 2 rings (SSSR count). The van der Waals surface area contributed by atoms with Crippen LogP contribution in [-0.2, 0) is 6.54 Å². The van der Waals surface area contributed by atoms with Crippen molar-refractivity contribution in [3.63, 3.8) is 0 Å². The average molecular weight is 238 g/mol. The van der Waals surface area contributed by atoms with Crippen molar-refractivity contribution in [2.45, 2.75) is 6.54 Å². The Balaban J connectivity index is 2.15. The molecule has 0 aliphatic heterocycles. The molecule has 0 saturated heterocycles. The summed E-state index contributed by atoms with van der Waals surface area (Å²) in [4.78, 5) is 3.80. The summed E-state index contributed by atoms with van der Waals surface area (Å²) in [6.07, 6.45) is 1.21. The fraction of sp³-hybridized carbons (Fsp3) is 0.200. The van der Waals surface area contributed by atoms with E-state index in [4.69, 9.17) is 10.5 Å². The first-order valence-corrected chi connectivity index (χ1v) is 4.83. The number of anilines is 2. The molecule has 0 aliphatic rings. The Morgan fingerprint density at radius 3 is 3.00 bits per heavy atom. The van der Waals surface area contributed by atoms with Crippen LogP contribution in [0.15, 0.2) is 23.0 Å². The van der Waals surface area contributed by atoms with Crippen molar-refractivity contribution < 1.29 is 13.7 Å². The molecule has 1 heterocycles. The van der Waals surface area contributed by atoms with Crippen molar-refractivity contribution in [2.75, 3.05) is 18.2 Å². The summed E-state index contributed by atoms with van der Waals surface area (Å²) in [5, 5.41) is 6.42. The summed E-state index contributed by atoms with van der Waals surface area (Å²) < 4.78 is 23.1. The molecule has 0 atom stereocenters. The van der Waals surface area contributed by atoms with Crippen LogP contribution in [0.25, 0.3) is 0 Å². The van der Waals surface area contributed by atoms with Gasteiger partial charge in [0.1, 0.15) is 11.6 Å². The average Bonchev–Trinajstić information content (AvgIpc) is 2.81. The third kappa shape index (κ3) is 2.44. The highest BCUT2D eigenvalue weighted by molar-refractivity contribution is 5.62. The smallest absolute Gasteiger partial charge is 0.213 e. The van der Waals surface area contributed by atoms with Crippen molar-refractivity contribution in [1.29, 1.82) is 0 Å². The summed E-state index contributed by atoms with van der Waals surface area (Å²) in [5.74, 6) is 0.369. The van der Waals surface area contributed by atoms with Gasteiger partial charge in [0.25, 0.3) is 0 Å². The van der Waals surface area contributed by atoms with Gasteiger partial charge in [-0.05, 0) is 0 Å². The number of aromatic nitrogens is 2. The number of halogens is 1. The first-order chi connectivity index (χ1) is 8.20. The van der Waals surface area contributed by atoms with E-state index in [9.17, 15) is 4.39 Å². The van der Waals surface area contributed by atoms with E-state index < -0.39 is 5.82 Å². The highest BCUT2D eigenvalue weighted by atomic mass is 19.1. The van der Waals surface area contributed by atoms with E-state index >= 15 is 0 Å². The van der Waals surface area contributed by atoms with E-state index in [1.165, 1.54) is 25.6 Å². The third-order valence-electron chi connectivity index (χ3n) is 2.16. The Hall–Kier alpha value is -2.31. The number of rotatable bonds is 4. The van der Waals surface area contributed by atoms with Crippen LogP contribution >= 0.6 is 0 Å². The molecule has 0 aliphatic carbocycles. The molecular formula is C10H11FN4O2. The summed E-state index contributed by atoms with van der Waals surface area (Å²) >= 11 is 0. The number of methoxy groups -OCH3 is 1. The lowest BCUT2D eigenvalue weighted by Crippen LogP contribution is -2.04. The molecule has 1 aromatic heterocycles. The summed E-state index contributed by atoms with van der Waals surface area (Å²) in [5.41, 5.74) is 6.07. The van der Waals surface area contributed by atoms with E-state index in [-0.39, 0.29) is 17.9 Å². The monoisotopic (exact) mass is 238 g/mol. The van der Waals surface area contributed by atoms with E-state index in [1.807, 2.05) is 0 Å². The Morgan fingerprint density at radius 2 is 2.35 bits per heavy atom. The zero-order valence-corrected chi connectivity index (χ0v) is 9.11. The highest BCUT2D eigenvalue weighted by Crippen LogP contribution is 2.28. The van der Waals surface area contributed by atoms with Gasteiger partial charge in [-0.25, -0.2) is 4.39 Å². The van der Waals surface area contributed by atoms with Gasteiger partial charge in [0.15, 0.2) is 5.82 Å². The standard InChI is InChI=1S/C10H11FN4O2/c1-16-9-3-8(6(11)2-7(9)12)13-4-10-14-5-17-15-10/h2-3,5,13H,4,12H2,1H3. The van der Waals surface area contributed by atoms with Crippen molar-refractivity contribution in [3.05, 3.63) is 30.2 Å². The van der Waals surface area contributed by atoms with Crippen LogP contribution in [0.5, 0.6) is 5.75 Å². The minimum atomic E-state index is -0.466. The van der Waals surface area contributed by atoms with Crippen molar-refractivity contribution in [1.82, 2.24) is 10.1 Å². The number of benzene rings is 1. The van der Waals surface area contributed by atoms with Crippen LogP contribution in [0.4, 0.5) is 15.8 Å². The molecule has 0 saturated carbocycles. The van der Waals surface area contributed by atoms with Gasteiger partial charge in [-0.1, -0.05) is 5.16 Å². The summed E-state index contributed by atoms with van der Waals surface area (Å²) in [6.45, 7) is 0.250. The van der Waals surface area contributed by atoms with Crippen LogP contribution in [-0.4, -0.2) is 17.3 Å². The van der Waals surface area contributed by atoms with Gasteiger partial charge in [-0.2, -0.15) is 4.98 Å². The zero-order chi connectivity index (χ0) is 12.3. The van der Waals surface area contributed by atoms with Gasteiger partial charge in [0.2, 0.25) is 6.39 Å². The predicted octanol–water partition coefficient (Wildman–Crippen LogP) is 1.41. The maximum absolute atomic E-state index is 13.5. The lowest BCUT2D eigenvalue weighted by atomic mass is 10.2. The summed E-state index contributed by atoms with van der Waals surface area (Å²) in [7, 11) is 1.46. The molecule has 7 heteroatoms. The van der Waals surface area contributed by atoms with Crippen molar-refractivity contribution in [2.24, 2.45) is 0 Å². The number of nitrogens with two attached hydrogens (primary N) is 1. The van der Waals surface area contributed by atoms with E-state index in [2.05, 4.69) is 20.0 Å². The number of nitrogens with one attached hydrogen (secondary N) is 1. The number of hydrogen-bond acceptors (Lipinski definition) is 6. The fourth-order valence-corrected chi connectivity index (χ4v) is 1.33. The molecule has 0 fully saturated rings. The first-order valence-electron chi connectivity index (χ1n) is 4.83. The second-order valence-corrected chi connectivity index (χ2v) is 3.27. The quantitative estimate of drug-likeness (QED) is 0.783. The fourth-order valence-electron chi connectivity index (χ4n) is 1.33. The number of ether oxygens (including phenoxy) is 1. The molecule has 1 aromatic carbocycles. The minimum absolute atomic E-state index is 0.245. The third-order valence-corrected chi connectivity index (χ3v) is 2.16. The van der Waals surface area contributed by atoms with E-state index in [0.29, 0.717) is 11.6 Å². The van der Waals surface area contributed by atoms with Crippen LogP contribution in [0.3, 0.4) is 0 Å². The van der Waals surface area contributed by atoms with Gasteiger partial charge in [-0.15, -0.1) is 0 Å². The first kappa shape index (κ1) is 11.2. The van der Waals surface area contributed by atoms with Crippen LogP contribution in [0.2, 0.25) is 0 Å². The zero-order valence-electron chi connectivity index (χ0n) is 9.11. The predicted molar refractivity (Wildman–Crippen MR) is 59.0 cm³/mol. The maximum Gasteiger partial charge on any atom is 0.213 e. The Bertz CT molecular complexity index is 501. The molecule has 90 valence electrons. The minimum Gasteiger partial charge on any atom is -0.495 e. The van der Waals surface area contributed by atoms with E-state index in [0.717, 1.165) is 0 Å². The molecule has 0 bridgehead atoms. The highest BCUT2D eigenvalue weighted by Gasteiger charge is 2.08. The van der Waals surface area contributed by atoms with Gasteiger partial charge < -0.3 is 20.3 Å². The van der Waals surface area contributed by atoms with Crippen LogP contribution < -0.4 is 15.8 Å².